The lowest BCUT2D eigenvalue weighted by molar-refractivity contribution is 0.121. The van der Waals surface area contributed by atoms with E-state index in [9.17, 15) is 4.79 Å². The zero-order valence-electron chi connectivity index (χ0n) is 9.68. The first-order chi connectivity index (χ1) is 8.15. The van der Waals surface area contributed by atoms with Crippen molar-refractivity contribution in [3.63, 3.8) is 0 Å². The van der Waals surface area contributed by atoms with Gasteiger partial charge >= 0.3 is 6.09 Å². The van der Waals surface area contributed by atoms with Crippen molar-refractivity contribution in [1.82, 2.24) is 4.90 Å². The van der Waals surface area contributed by atoms with Gasteiger partial charge in [-0.3, -0.25) is 4.90 Å². The molecule has 1 aromatic heterocycles. The lowest BCUT2D eigenvalue weighted by atomic mass is 10.2. The van der Waals surface area contributed by atoms with E-state index in [0.29, 0.717) is 19.0 Å². The van der Waals surface area contributed by atoms with Crippen molar-refractivity contribution in [2.75, 3.05) is 6.54 Å². The van der Waals surface area contributed by atoms with E-state index in [1.54, 1.807) is 11.3 Å². The highest BCUT2D eigenvalue weighted by Crippen LogP contribution is 2.48. The molecule has 4 nitrogen and oxygen atoms in total. The number of hydrogen-bond acceptors (Lipinski definition) is 3. The molecule has 1 aromatic rings. The largest absolute Gasteiger partial charge is 0.487 e. The highest BCUT2D eigenvalue weighted by Gasteiger charge is 2.33. The second-order valence-corrected chi connectivity index (χ2v) is 5.77. The Bertz CT molecular complexity index is 453. The van der Waals surface area contributed by atoms with Crippen LogP contribution in [0.25, 0.3) is 0 Å². The first-order valence-corrected chi connectivity index (χ1v) is 6.78. The van der Waals surface area contributed by atoms with E-state index in [2.05, 4.69) is 5.38 Å². The molecule has 92 valence electrons. The molecule has 0 radical (unpaired) electrons. The summed E-state index contributed by atoms with van der Waals surface area (Å²) in [5, 5.41) is 11.2. The number of ether oxygens (including phenoxy) is 1. The van der Waals surface area contributed by atoms with E-state index in [1.807, 2.05) is 6.92 Å². The molecule has 1 fully saturated rings. The van der Waals surface area contributed by atoms with Gasteiger partial charge in [-0.2, -0.15) is 0 Å². The van der Waals surface area contributed by atoms with Gasteiger partial charge in [-0.15, -0.1) is 11.3 Å². The third-order valence-corrected chi connectivity index (χ3v) is 4.23. The van der Waals surface area contributed by atoms with E-state index in [1.165, 1.54) is 23.3 Å². The van der Waals surface area contributed by atoms with Gasteiger partial charge in [-0.25, -0.2) is 4.79 Å². The van der Waals surface area contributed by atoms with Gasteiger partial charge in [0.25, 0.3) is 0 Å². The Labute approximate surface area is 104 Å². The molecule has 0 saturated heterocycles. The third kappa shape index (κ3) is 1.99. The Balaban J connectivity index is 1.93. The second-order valence-electron chi connectivity index (χ2n) is 4.81. The molecule has 17 heavy (non-hydrogen) atoms. The van der Waals surface area contributed by atoms with E-state index in [4.69, 9.17) is 9.84 Å². The zero-order valence-corrected chi connectivity index (χ0v) is 10.5. The molecule has 5 heteroatoms. The van der Waals surface area contributed by atoms with E-state index >= 15 is 0 Å². The van der Waals surface area contributed by atoms with Crippen LogP contribution >= 0.6 is 11.3 Å². The molecule has 0 bridgehead atoms. The summed E-state index contributed by atoms with van der Waals surface area (Å²) < 4.78 is 5.92. The molecule has 1 saturated carbocycles. The Morgan fingerprint density at radius 1 is 1.59 bits per heavy atom. The number of amides is 1. The summed E-state index contributed by atoms with van der Waals surface area (Å²) in [6.07, 6.45) is 1.54. The molecule has 2 heterocycles. The molecule has 1 atom stereocenters. The highest BCUT2D eigenvalue weighted by atomic mass is 32.1. The molecular formula is C12H15NO3S. The summed E-state index contributed by atoms with van der Waals surface area (Å²) in [6, 6.07) is 0. The van der Waals surface area contributed by atoms with Crippen LogP contribution in [-0.2, 0) is 6.54 Å². The summed E-state index contributed by atoms with van der Waals surface area (Å²) in [6.45, 7) is 2.84. The quantitative estimate of drug-likeness (QED) is 0.837. The van der Waals surface area contributed by atoms with Crippen LogP contribution in [0.5, 0.6) is 5.75 Å². The van der Waals surface area contributed by atoms with Crippen LogP contribution in [0.2, 0.25) is 0 Å². The summed E-state index contributed by atoms with van der Waals surface area (Å²) >= 11 is 1.63. The molecule has 1 N–H and O–H groups in total. The predicted molar refractivity (Wildman–Crippen MR) is 64.8 cm³/mol. The molecule has 0 unspecified atom stereocenters. The zero-order chi connectivity index (χ0) is 12.0. The van der Waals surface area contributed by atoms with Gasteiger partial charge in [-0.1, -0.05) is 0 Å². The fourth-order valence-corrected chi connectivity index (χ4v) is 3.33. The number of nitrogens with zero attached hydrogens (tertiary/aromatic N) is 1. The number of carboxylic acid groups (broad SMARTS) is 1. The van der Waals surface area contributed by atoms with E-state index < -0.39 is 6.09 Å². The fraction of sp³-hybridized carbons (Fsp3) is 0.583. The first kappa shape index (κ1) is 10.9. The van der Waals surface area contributed by atoms with Crippen molar-refractivity contribution in [3.8, 4) is 5.75 Å². The average molecular weight is 253 g/mol. The molecular weight excluding hydrogens is 238 g/mol. The van der Waals surface area contributed by atoms with Crippen LogP contribution < -0.4 is 4.74 Å². The molecule has 1 aliphatic carbocycles. The molecule has 0 aromatic carbocycles. The van der Waals surface area contributed by atoms with Gasteiger partial charge in [0.15, 0.2) is 0 Å². The van der Waals surface area contributed by atoms with Crippen molar-refractivity contribution < 1.29 is 14.6 Å². The topological polar surface area (TPSA) is 49.8 Å². The minimum atomic E-state index is -0.866. The predicted octanol–water partition coefficient (Wildman–Crippen LogP) is 2.89. The maximum atomic E-state index is 11.1. The van der Waals surface area contributed by atoms with Crippen LogP contribution in [-0.4, -0.2) is 28.7 Å². The Morgan fingerprint density at radius 3 is 3.00 bits per heavy atom. The molecule has 1 aliphatic heterocycles. The minimum Gasteiger partial charge on any atom is -0.487 e. The third-order valence-electron chi connectivity index (χ3n) is 3.26. The lowest BCUT2D eigenvalue weighted by Gasteiger charge is -2.18. The van der Waals surface area contributed by atoms with Gasteiger partial charge in [0.2, 0.25) is 0 Å². The monoisotopic (exact) mass is 253 g/mol. The maximum absolute atomic E-state index is 11.1. The smallest absolute Gasteiger partial charge is 0.407 e. The molecule has 2 aliphatic rings. The van der Waals surface area contributed by atoms with Crippen LogP contribution in [0.15, 0.2) is 5.38 Å². The second kappa shape index (κ2) is 3.91. The van der Waals surface area contributed by atoms with Gasteiger partial charge < -0.3 is 9.84 Å². The Hall–Kier alpha value is -1.23. The highest BCUT2D eigenvalue weighted by molar-refractivity contribution is 7.10. The summed E-state index contributed by atoms with van der Waals surface area (Å²) in [5.41, 5.74) is 1.30. The number of fused-ring (bicyclic) bond motifs is 1. The fourth-order valence-electron chi connectivity index (χ4n) is 2.25. The van der Waals surface area contributed by atoms with Crippen molar-refractivity contribution in [1.29, 1.82) is 0 Å². The molecule has 1 amide bonds. The van der Waals surface area contributed by atoms with E-state index in [-0.39, 0.29) is 6.10 Å². The lowest BCUT2D eigenvalue weighted by Crippen LogP contribution is -2.34. The van der Waals surface area contributed by atoms with Crippen molar-refractivity contribution >= 4 is 17.4 Å². The van der Waals surface area contributed by atoms with Crippen LogP contribution in [0, 0.1) is 0 Å². The van der Waals surface area contributed by atoms with Crippen LogP contribution in [0.3, 0.4) is 0 Å². The first-order valence-electron chi connectivity index (χ1n) is 5.90. The van der Waals surface area contributed by atoms with Crippen LogP contribution in [0.4, 0.5) is 4.79 Å². The molecule has 3 rings (SSSR count). The Kier molecular flexibility index (Phi) is 2.50. The Morgan fingerprint density at radius 2 is 2.35 bits per heavy atom. The number of rotatable bonds is 1. The van der Waals surface area contributed by atoms with Gasteiger partial charge in [0.1, 0.15) is 11.9 Å². The standard InChI is InChI=1S/C12H15NO3S/c1-7-4-13(12(14)15)5-10-11(16-7)9(6-17-10)8-2-3-8/h6-8H,2-5H2,1H3,(H,14,15)/t7-/m0/s1. The van der Waals surface area contributed by atoms with Crippen molar-refractivity contribution in [2.45, 2.75) is 38.3 Å². The van der Waals surface area contributed by atoms with Crippen molar-refractivity contribution in [3.05, 3.63) is 15.8 Å². The van der Waals surface area contributed by atoms with Gasteiger partial charge in [0, 0.05) is 5.56 Å². The minimum absolute atomic E-state index is 0.0700. The number of carbonyl (C=O) groups is 1. The van der Waals surface area contributed by atoms with Gasteiger partial charge in [0.05, 0.1) is 18.0 Å². The SMILES string of the molecule is C[C@H]1CN(C(=O)O)Cc2scc(C3CC3)c2O1. The number of hydrogen-bond donors (Lipinski definition) is 1. The maximum Gasteiger partial charge on any atom is 0.407 e. The number of thiophene rings is 1. The van der Waals surface area contributed by atoms with Crippen molar-refractivity contribution in [2.24, 2.45) is 0 Å². The van der Waals surface area contributed by atoms with E-state index in [0.717, 1.165) is 10.6 Å². The summed E-state index contributed by atoms with van der Waals surface area (Å²) in [7, 11) is 0. The van der Waals surface area contributed by atoms with Crippen LogP contribution in [0.1, 0.15) is 36.1 Å². The summed E-state index contributed by atoms with van der Waals surface area (Å²) in [4.78, 5) is 13.6. The normalized spacial score (nSPS) is 23.8. The summed E-state index contributed by atoms with van der Waals surface area (Å²) in [5.74, 6) is 1.62. The average Bonchev–Trinajstić information content (AvgIpc) is 3.05. The molecule has 0 spiro atoms. The van der Waals surface area contributed by atoms with Gasteiger partial charge in [-0.05, 0) is 31.1 Å².